The molecule has 0 saturated carbocycles. The van der Waals surface area contributed by atoms with Gasteiger partial charge in [0.25, 0.3) is 0 Å². The summed E-state index contributed by atoms with van der Waals surface area (Å²) in [6.45, 7) is 2.25. The van der Waals surface area contributed by atoms with Gasteiger partial charge in [0.05, 0.1) is 0 Å². The topological polar surface area (TPSA) is 79.3 Å². The van der Waals surface area contributed by atoms with Crippen LogP contribution in [0.15, 0.2) is 30.6 Å². The van der Waals surface area contributed by atoms with Crippen molar-refractivity contribution < 1.29 is 14.7 Å². The van der Waals surface area contributed by atoms with Gasteiger partial charge in [-0.2, -0.15) is 0 Å². The minimum atomic E-state index is -1.15. The van der Waals surface area contributed by atoms with Gasteiger partial charge in [-0.25, -0.2) is 4.79 Å². The van der Waals surface area contributed by atoms with Crippen molar-refractivity contribution in [3.05, 3.63) is 41.7 Å². The van der Waals surface area contributed by atoms with Gasteiger partial charge in [-0.1, -0.05) is 0 Å². The summed E-state index contributed by atoms with van der Waals surface area (Å²) in [7, 11) is 0. The maximum absolute atomic E-state index is 11.2. The fourth-order valence-electron chi connectivity index (χ4n) is 1.07. The molecule has 0 unspecified atom stereocenters. The number of carboxylic acids is 1. The van der Waals surface area contributed by atoms with E-state index in [0.717, 1.165) is 23.3 Å². The Balaban J connectivity index is 2.49. The van der Waals surface area contributed by atoms with E-state index >= 15 is 0 Å². The molecule has 16 heavy (non-hydrogen) atoms. The van der Waals surface area contributed by atoms with Crippen molar-refractivity contribution in [2.75, 3.05) is 0 Å². The molecule has 1 aromatic rings. The Kier molecular flexibility index (Phi) is 4.20. The smallest absolute Gasteiger partial charge is 0.328 e. The molecule has 0 saturated heterocycles. The summed E-state index contributed by atoms with van der Waals surface area (Å²) in [6.07, 6.45) is 5.11. The number of nitrogens with zero attached hydrogens (tertiary/aromatic N) is 1. The van der Waals surface area contributed by atoms with Crippen LogP contribution in [0.3, 0.4) is 0 Å². The second-order valence-corrected chi connectivity index (χ2v) is 3.19. The highest BCUT2D eigenvalue weighted by molar-refractivity contribution is 5.93. The molecule has 0 aromatic carbocycles. The summed E-state index contributed by atoms with van der Waals surface area (Å²) in [6, 6.07) is 1.84. The first-order chi connectivity index (χ1) is 7.59. The summed E-state index contributed by atoms with van der Waals surface area (Å²) >= 11 is 0. The third kappa shape index (κ3) is 3.91. The van der Waals surface area contributed by atoms with Crippen LogP contribution >= 0.6 is 0 Å². The van der Waals surface area contributed by atoms with Gasteiger partial charge < -0.3 is 10.4 Å². The predicted molar refractivity (Wildman–Crippen MR) is 57.6 cm³/mol. The summed E-state index contributed by atoms with van der Waals surface area (Å²) < 4.78 is 0. The Bertz CT molecular complexity index is 427. The number of carboxylic acid groups (broad SMARTS) is 1. The van der Waals surface area contributed by atoms with E-state index < -0.39 is 11.9 Å². The zero-order valence-corrected chi connectivity index (χ0v) is 8.80. The Morgan fingerprint density at radius 1 is 1.50 bits per heavy atom. The van der Waals surface area contributed by atoms with E-state index in [1.165, 1.54) is 0 Å². The molecule has 1 heterocycles. The number of amides is 1. The molecule has 84 valence electrons. The van der Waals surface area contributed by atoms with E-state index in [1.54, 1.807) is 12.4 Å². The average Bonchev–Trinajstić information content (AvgIpc) is 2.25. The minimum Gasteiger partial charge on any atom is -0.478 e. The molecule has 0 fully saturated rings. The highest BCUT2D eigenvalue weighted by atomic mass is 16.4. The number of carbonyl (C=O) groups excluding carboxylic acids is 1. The van der Waals surface area contributed by atoms with Gasteiger partial charge in [0.1, 0.15) is 0 Å². The molecule has 0 bridgehead atoms. The van der Waals surface area contributed by atoms with Crippen LogP contribution in [-0.2, 0) is 16.1 Å². The van der Waals surface area contributed by atoms with Gasteiger partial charge in [0.15, 0.2) is 0 Å². The van der Waals surface area contributed by atoms with Gasteiger partial charge in [0, 0.05) is 31.1 Å². The van der Waals surface area contributed by atoms with Gasteiger partial charge in [-0.15, -0.1) is 0 Å². The first-order valence-corrected chi connectivity index (χ1v) is 4.68. The van der Waals surface area contributed by atoms with Crippen molar-refractivity contribution in [2.24, 2.45) is 0 Å². The summed E-state index contributed by atoms with van der Waals surface area (Å²) in [5, 5.41) is 10.9. The molecule has 5 heteroatoms. The molecule has 0 spiro atoms. The van der Waals surface area contributed by atoms with E-state index in [1.807, 2.05) is 13.0 Å². The maximum Gasteiger partial charge on any atom is 0.328 e. The molecule has 5 nitrogen and oxygen atoms in total. The second-order valence-electron chi connectivity index (χ2n) is 3.19. The lowest BCUT2D eigenvalue weighted by Gasteiger charge is -2.04. The number of carbonyl (C=O) groups is 2. The van der Waals surface area contributed by atoms with E-state index in [-0.39, 0.29) is 0 Å². The van der Waals surface area contributed by atoms with E-state index in [9.17, 15) is 9.59 Å². The molecule has 0 radical (unpaired) electrons. The van der Waals surface area contributed by atoms with Crippen molar-refractivity contribution in [3.8, 4) is 0 Å². The molecular formula is C11H12N2O3. The molecule has 0 aliphatic rings. The van der Waals surface area contributed by atoms with Gasteiger partial charge in [0.2, 0.25) is 5.91 Å². The highest BCUT2D eigenvalue weighted by Crippen LogP contribution is 2.03. The predicted octanol–water partition coefficient (Wildman–Crippen LogP) is 0.647. The van der Waals surface area contributed by atoms with E-state index in [2.05, 4.69) is 10.3 Å². The number of aryl methyl sites for hydroxylation is 1. The number of nitrogens with one attached hydrogen (secondary N) is 1. The van der Waals surface area contributed by atoms with Gasteiger partial charge in [-0.3, -0.25) is 9.78 Å². The third-order valence-electron chi connectivity index (χ3n) is 1.98. The summed E-state index contributed by atoms with van der Waals surface area (Å²) in [5.74, 6) is -1.58. The lowest BCUT2D eigenvalue weighted by Crippen LogP contribution is -2.21. The minimum absolute atomic E-state index is 0.336. The fraction of sp³-hybridized carbons (Fsp3) is 0.182. The van der Waals surface area contributed by atoms with Crippen LogP contribution in [0.5, 0.6) is 0 Å². The van der Waals surface area contributed by atoms with Crippen LogP contribution in [0, 0.1) is 6.92 Å². The van der Waals surface area contributed by atoms with Crippen LogP contribution in [0.1, 0.15) is 11.1 Å². The van der Waals surface area contributed by atoms with Crippen LogP contribution < -0.4 is 5.32 Å². The van der Waals surface area contributed by atoms with Crippen molar-refractivity contribution >= 4 is 11.9 Å². The zero-order chi connectivity index (χ0) is 12.0. The number of hydrogen-bond acceptors (Lipinski definition) is 3. The monoisotopic (exact) mass is 220 g/mol. The van der Waals surface area contributed by atoms with Crippen molar-refractivity contribution in [1.29, 1.82) is 0 Å². The standard InChI is InChI=1S/C11H12N2O3/c1-8-4-5-12-6-9(8)7-13-10(14)2-3-11(15)16/h2-6H,7H2,1H3,(H,13,14)(H,15,16)/b3-2+. The molecule has 1 rings (SSSR count). The zero-order valence-electron chi connectivity index (χ0n) is 8.80. The number of aliphatic carboxylic acids is 1. The first-order valence-electron chi connectivity index (χ1n) is 4.68. The molecule has 1 amide bonds. The van der Waals surface area contributed by atoms with Crippen LogP contribution in [0.4, 0.5) is 0 Å². The second kappa shape index (κ2) is 5.65. The van der Waals surface area contributed by atoms with Gasteiger partial charge in [-0.05, 0) is 24.1 Å². The molecule has 0 aliphatic heterocycles. The normalized spacial score (nSPS) is 10.3. The maximum atomic E-state index is 11.2. The summed E-state index contributed by atoms with van der Waals surface area (Å²) in [4.78, 5) is 25.2. The Hall–Kier alpha value is -2.17. The van der Waals surface area contributed by atoms with Gasteiger partial charge >= 0.3 is 5.97 Å². The van der Waals surface area contributed by atoms with Crippen molar-refractivity contribution in [1.82, 2.24) is 10.3 Å². The van der Waals surface area contributed by atoms with Crippen LogP contribution in [0.25, 0.3) is 0 Å². The first kappa shape index (κ1) is 11.9. The summed E-state index contributed by atoms with van der Waals surface area (Å²) in [5.41, 5.74) is 1.93. The lowest BCUT2D eigenvalue weighted by atomic mass is 10.1. The Morgan fingerprint density at radius 3 is 2.88 bits per heavy atom. The molecule has 0 atom stereocenters. The third-order valence-corrected chi connectivity index (χ3v) is 1.98. The fourth-order valence-corrected chi connectivity index (χ4v) is 1.07. The Labute approximate surface area is 92.8 Å². The highest BCUT2D eigenvalue weighted by Gasteiger charge is 2.00. The Morgan fingerprint density at radius 2 is 2.25 bits per heavy atom. The number of hydrogen-bond donors (Lipinski definition) is 2. The average molecular weight is 220 g/mol. The van der Waals surface area contributed by atoms with Crippen LogP contribution in [-0.4, -0.2) is 22.0 Å². The van der Waals surface area contributed by atoms with E-state index in [4.69, 9.17) is 5.11 Å². The number of pyridine rings is 1. The largest absolute Gasteiger partial charge is 0.478 e. The SMILES string of the molecule is Cc1ccncc1CNC(=O)/C=C/C(=O)O. The number of aromatic nitrogens is 1. The lowest BCUT2D eigenvalue weighted by molar-refractivity contribution is -0.131. The van der Waals surface area contributed by atoms with Crippen molar-refractivity contribution in [3.63, 3.8) is 0 Å². The molecule has 1 aromatic heterocycles. The quantitative estimate of drug-likeness (QED) is 0.730. The van der Waals surface area contributed by atoms with Crippen LogP contribution in [0.2, 0.25) is 0 Å². The van der Waals surface area contributed by atoms with Crippen molar-refractivity contribution in [2.45, 2.75) is 13.5 Å². The van der Waals surface area contributed by atoms with E-state index in [0.29, 0.717) is 6.54 Å². The molecule has 2 N–H and O–H groups in total. The number of rotatable bonds is 4. The molecule has 0 aliphatic carbocycles. The molecular weight excluding hydrogens is 208 g/mol.